The van der Waals surface area contributed by atoms with Gasteiger partial charge >= 0.3 is 0 Å². The van der Waals surface area contributed by atoms with Crippen molar-refractivity contribution in [3.05, 3.63) is 35.7 Å². The summed E-state index contributed by atoms with van der Waals surface area (Å²) >= 11 is 0. The molecular weight excluding hydrogens is 278 g/mol. The molecule has 1 aliphatic carbocycles. The fraction of sp³-hybridized carbons (Fsp3) is 0.529. The number of anilines is 1. The van der Waals surface area contributed by atoms with Crippen molar-refractivity contribution in [1.82, 2.24) is 10.1 Å². The Morgan fingerprint density at radius 2 is 2.05 bits per heavy atom. The Kier molecular flexibility index (Phi) is 2.54. The molecule has 1 spiro atoms. The molecule has 0 bridgehead atoms. The van der Waals surface area contributed by atoms with E-state index in [2.05, 4.69) is 33.2 Å². The lowest BCUT2D eigenvalue weighted by Crippen LogP contribution is -2.61. The molecule has 1 saturated carbocycles. The van der Waals surface area contributed by atoms with E-state index in [9.17, 15) is 0 Å². The quantitative estimate of drug-likeness (QED) is 0.853. The highest BCUT2D eigenvalue weighted by Gasteiger charge is 2.47. The highest BCUT2D eigenvalue weighted by molar-refractivity contribution is 5.42. The lowest BCUT2D eigenvalue weighted by atomic mass is 9.74. The van der Waals surface area contributed by atoms with Gasteiger partial charge in [0.2, 0.25) is 5.89 Å². The van der Waals surface area contributed by atoms with Crippen molar-refractivity contribution in [2.24, 2.45) is 5.41 Å². The van der Waals surface area contributed by atoms with E-state index in [4.69, 9.17) is 9.26 Å². The maximum Gasteiger partial charge on any atom is 0.266 e. The molecule has 2 aromatic rings. The smallest absolute Gasteiger partial charge is 0.266 e. The van der Waals surface area contributed by atoms with Gasteiger partial charge in [-0.05, 0) is 36.0 Å². The van der Waals surface area contributed by atoms with Crippen molar-refractivity contribution in [1.29, 1.82) is 0 Å². The van der Waals surface area contributed by atoms with Crippen LogP contribution in [0.2, 0.25) is 0 Å². The number of benzene rings is 1. The second-order valence-electron chi connectivity index (χ2n) is 6.99. The van der Waals surface area contributed by atoms with Crippen LogP contribution in [0.5, 0.6) is 5.75 Å². The lowest BCUT2D eigenvalue weighted by molar-refractivity contribution is 0.0865. The number of hydrogen-bond acceptors (Lipinski definition) is 5. The van der Waals surface area contributed by atoms with Gasteiger partial charge < -0.3 is 14.2 Å². The molecule has 22 heavy (non-hydrogen) atoms. The van der Waals surface area contributed by atoms with E-state index in [0.717, 1.165) is 43.7 Å². The van der Waals surface area contributed by atoms with Gasteiger partial charge in [0.05, 0.1) is 6.61 Å². The van der Waals surface area contributed by atoms with Crippen molar-refractivity contribution in [2.75, 3.05) is 24.6 Å². The predicted molar refractivity (Wildman–Crippen MR) is 81.2 cm³/mol. The molecule has 0 N–H and O–H groups in total. The molecule has 3 heterocycles. The second-order valence-corrected chi connectivity index (χ2v) is 6.99. The van der Waals surface area contributed by atoms with Gasteiger partial charge in [-0.15, -0.1) is 0 Å². The zero-order chi connectivity index (χ0) is 14.6. The van der Waals surface area contributed by atoms with Crippen LogP contribution in [0.1, 0.15) is 36.6 Å². The van der Waals surface area contributed by atoms with Crippen molar-refractivity contribution < 1.29 is 9.26 Å². The number of nitrogens with zero attached hydrogens (tertiary/aromatic N) is 3. The third-order valence-electron chi connectivity index (χ3n) is 5.29. The zero-order valence-electron chi connectivity index (χ0n) is 12.5. The molecule has 2 aliphatic heterocycles. The van der Waals surface area contributed by atoms with Crippen molar-refractivity contribution >= 4 is 5.95 Å². The molecule has 1 aromatic heterocycles. The number of aromatic nitrogens is 2. The van der Waals surface area contributed by atoms with E-state index in [0.29, 0.717) is 5.92 Å². The first-order chi connectivity index (χ1) is 10.8. The minimum atomic E-state index is 0.214. The van der Waals surface area contributed by atoms with Crippen LogP contribution in [-0.2, 0) is 6.42 Å². The van der Waals surface area contributed by atoms with E-state index in [-0.39, 0.29) is 5.41 Å². The molecule has 114 valence electrons. The number of para-hydroxylation sites is 1. The van der Waals surface area contributed by atoms with Crippen LogP contribution in [0.4, 0.5) is 5.95 Å². The topological polar surface area (TPSA) is 51.4 Å². The largest absolute Gasteiger partial charge is 0.493 e. The fourth-order valence-corrected chi connectivity index (χ4v) is 3.76. The first-order valence-electron chi connectivity index (χ1n) is 8.11. The summed E-state index contributed by atoms with van der Waals surface area (Å²) in [6.07, 6.45) is 4.74. The minimum Gasteiger partial charge on any atom is -0.493 e. The number of hydrogen-bond donors (Lipinski definition) is 0. The highest BCUT2D eigenvalue weighted by Crippen LogP contribution is 2.43. The summed E-state index contributed by atoms with van der Waals surface area (Å²) in [5.74, 6) is 3.12. The summed E-state index contributed by atoms with van der Waals surface area (Å²) < 4.78 is 11.4. The van der Waals surface area contributed by atoms with Crippen molar-refractivity contribution in [2.45, 2.75) is 31.6 Å². The predicted octanol–water partition coefficient (Wildman–Crippen LogP) is 2.78. The van der Waals surface area contributed by atoms with Crippen LogP contribution < -0.4 is 9.64 Å². The van der Waals surface area contributed by atoms with E-state index in [1.54, 1.807) is 0 Å². The van der Waals surface area contributed by atoms with Gasteiger partial charge in [-0.1, -0.05) is 24.6 Å². The highest BCUT2D eigenvalue weighted by atomic mass is 16.5. The summed E-state index contributed by atoms with van der Waals surface area (Å²) in [5, 5.41) is 4.16. The normalized spacial score (nSPS) is 22.6. The minimum absolute atomic E-state index is 0.214. The van der Waals surface area contributed by atoms with Gasteiger partial charge in [-0.2, -0.15) is 4.98 Å². The maximum absolute atomic E-state index is 5.94. The SMILES string of the molecule is c1ccc2c(c1)CC1(CO2)CN(c2noc(C3CCC3)n2)C1. The Hall–Kier alpha value is -2.04. The summed E-state index contributed by atoms with van der Waals surface area (Å²) in [7, 11) is 0. The summed E-state index contributed by atoms with van der Waals surface area (Å²) in [4.78, 5) is 6.80. The van der Waals surface area contributed by atoms with Crippen LogP contribution in [-0.4, -0.2) is 29.8 Å². The Morgan fingerprint density at radius 3 is 2.86 bits per heavy atom. The van der Waals surface area contributed by atoms with Gasteiger partial charge in [0.15, 0.2) is 0 Å². The summed E-state index contributed by atoms with van der Waals surface area (Å²) in [6, 6.07) is 8.34. The summed E-state index contributed by atoms with van der Waals surface area (Å²) in [6.45, 7) is 2.68. The molecule has 1 aromatic carbocycles. The molecule has 3 aliphatic rings. The van der Waals surface area contributed by atoms with Crippen LogP contribution in [0.15, 0.2) is 28.8 Å². The second kappa shape index (κ2) is 4.48. The van der Waals surface area contributed by atoms with E-state index >= 15 is 0 Å². The molecule has 0 unspecified atom stereocenters. The number of ether oxygens (including phenoxy) is 1. The van der Waals surface area contributed by atoms with Crippen LogP contribution >= 0.6 is 0 Å². The van der Waals surface area contributed by atoms with Crippen molar-refractivity contribution in [3.63, 3.8) is 0 Å². The average molecular weight is 297 g/mol. The van der Waals surface area contributed by atoms with Crippen LogP contribution in [0, 0.1) is 5.41 Å². The van der Waals surface area contributed by atoms with Gasteiger partial charge in [0.1, 0.15) is 5.75 Å². The molecular formula is C17H19N3O2. The van der Waals surface area contributed by atoms with Crippen LogP contribution in [0.25, 0.3) is 0 Å². The van der Waals surface area contributed by atoms with E-state index in [1.807, 2.05) is 6.07 Å². The Balaban J connectivity index is 1.29. The maximum atomic E-state index is 5.94. The van der Waals surface area contributed by atoms with Gasteiger partial charge in [-0.3, -0.25) is 0 Å². The zero-order valence-corrected chi connectivity index (χ0v) is 12.5. The molecule has 0 atom stereocenters. The van der Waals surface area contributed by atoms with Crippen molar-refractivity contribution in [3.8, 4) is 5.75 Å². The summed E-state index contributed by atoms with van der Waals surface area (Å²) in [5.41, 5.74) is 1.53. The standard InChI is InChI=1S/C17H19N3O2/c1-2-7-14-13(4-1)8-17(11-21-14)9-20(10-17)16-18-15(22-19-16)12-5-3-6-12/h1-2,4,7,12H,3,5-6,8-11H2. The van der Waals surface area contributed by atoms with Gasteiger partial charge in [0.25, 0.3) is 5.95 Å². The Bertz CT molecular complexity index is 701. The first-order valence-corrected chi connectivity index (χ1v) is 8.11. The lowest BCUT2D eigenvalue weighted by Gasteiger charge is -2.51. The Labute approximate surface area is 129 Å². The van der Waals surface area contributed by atoms with Crippen LogP contribution in [0.3, 0.4) is 0 Å². The fourth-order valence-electron chi connectivity index (χ4n) is 3.76. The van der Waals surface area contributed by atoms with E-state index < -0.39 is 0 Å². The molecule has 0 amide bonds. The Morgan fingerprint density at radius 1 is 1.18 bits per heavy atom. The van der Waals surface area contributed by atoms with Gasteiger partial charge in [-0.25, -0.2) is 0 Å². The number of fused-ring (bicyclic) bond motifs is 1. The molecule has 5 rings (SSSR count). The molecule has 0 radical (unpaired) electrons. The van der Waals surface area contributed by atoms with Gasteiger partial charge in [0, 0.05) is 24.4 Å². The molecule has 5 nitrogen and oxygen atoms in total. The average Bonchev–Trinajstić information content (AvgIpc) is 2.91. The molecule has 5 heteroatoms. The van der Waals surface area contributed by atoms with E-state index in [1.165, 1.54) is 24.8 Å². The molecule has 2 fully saturated rings. The third-order valence-corrected chi connectivity index (χ3v) is 5.29. The third kappa shape index (κ3) is 1.84. The monoisotopic (exact) mass is 297 g/mol. The molecule has 1 saturated heterocycles. The first kappa shape index (κ1) is 12.5. The number of rotatable bonds is 2.